The van der Waals surface area contributed by atoms with Crippen molar-refractivity contribution in [3.8, 4) is 0 Å². The first-order valence-corrected chi connectivity index (χ1v) is 15.1. The minimum Gasteiger partial charge on any atom is -0.368 e. The molecule has 0 saturated carbocycles. The number of aromatic nitrogens is 2. The molecule has 6 rings (SSSR count). The van der Waals surface area contributed by atoms with Gasteiger partial charge in [-0.3, -0.25) is 4.90 Å². The highest BCUT2D eigenvalue weighted by atomic mass is 32.2. The largest absolute Gasteiger partial charge is 0.368 e. The van der Waals surface area contributed by atoms with Crippen LogP contribution in [-0.2, 0) is 22.1 Å². The van der Waals surface area contributed by atoms with Gasteiger partial charge in [0.1, 0.15) is 5.65 Å². The van der Waals surface area contributed by atoms with Gasteiger partial charge in [0.05, 0.1) is 21.7 Å². The Morgan fingerprint density at radius 3 is 2.26 bits per heavy atom. The van der Waals surface area contributed by atoms with Crippen molar-refractivity contribution in [2.24, 2.45) is 0 Å². The van der Waals surface area contributed by atoms with Crippen LogP contribution in [0.5, 0.6) is 0 Å². The highest BCUT2D eigenvalue weighted by Crippen LogP contribution is 2.37. The number of benzene rings is 2. The molecular formula is C29H36N6O2S. The Labute approximate surface area is 224 Å². The molecule has 2 saturated heterocycles. The molecule has 2 aliphatic rings. The molecule has 0 unspecified atom stereocenters. The average molecular weight is 533 g/mol. The third kappa shape index (κ3) is 5.03. The van der Waals surface area contributed by atoms with E-state index in [1.54, 1.807) is 24.3 Å². The number of fused-ring (bicyclic) bond motifs is 3. The van der Waals surface area contributed by atoms with E-state index < -0.39 is 9.84 Å². The van der Waals surface area contributed by atoms with E-state index in [1.807, 2.05) is 24.4 Å². The number of hydrogen-bond donors (Lipinski definition) is 1. The summed E-state index contributed by atoms with van der Waals surface area (Å²) in [6.45, 7) is 9.06. The van der Waals surface area contributed by atoms with Crippen LogP contribution in [0.2, 0.25) is 0 Å². The summed E-state index contributed by atoms with van der Waals surface area (Å²) in [5.74, 6) is -0.0299. The maximum Gasteiger partial charge on any atom is 0.182 e. The van der Waals surface area contributed by atoms with Crippen LogP contribution in [0.1, 0.15) is 11.1 Å². The smallest absolute Gasteiger partial charge is 0.182 e. The average Bonchev–Trinajstić information content (AvgIpc) is 3.29. The second kappa shape index (κ2) is 10.3. The topological polar surface area (TPSA) is 75.8 Å². The Kier molecular flexibility index (Phi) is 6.86. The molecule has 38 heavy (non-hydrogen) atoms. The molecule has 0 amide bonds. The van der Waals surface area contributed by atoms with Crippen LogP contribution in [0.4, 0.5) is 5.69 Å². The lowest BCUT2D eigenvalue weighted by atomic mass is 10.0. The van der Waals surface area contributed by atoms with Crippen molar-refractivity contribution >= 4 is 37.5 Å². The fourth-order valence-corrected chi connectivity index (χ4v) is 7.06. The van der Waals surface area contributed by atoms with E-state index in [4.69, 9.17) is 4.98 Å². The second-order valence-corrected chi connectivity index (χ2v) is 12.8. The molecule has 0 spiro atoms. The number of H-pyrrole nitrogens is 1. The Hall–Kier alpha value is -2.98. The molecule has 2 aromatic carbocycles. The van der Waals surface area contributed by atoms with E-state index >= 15 is 0 Å². The number of likely N-dealkylation sites (N-methyl/N-ethyl adjacent to an activating group) is 2. The highest BCUT2D eigenvalue weighted by molar-refractivity contribution is 7.90. The fraction of sp³-hybridized carbons (Fsp3) is 0.414. The summed E-state index contributed by atoms with van der Waals surface area (Å²) in [5, 5.41) is 2.15. The van der Waals surface area contributed by atoms with Gasteiger partial charge in [0.25, 0.3) is 0 Å². The molecule has 4 aromatic rings. The number of sulfone groups is 1. The zero-order chi connectivity index (χ0) is 26.3. The number of pyridine rings is 1. The number of nitrogens with one attached hydrogen (secondary N) is 1. The van der Waals surface area contributed by atoms with Gasteiger partial charge in [0.15, 0.2) is 9.84 Å². The fourth-order valence-electron chi connectivity index (χ4n) is 5.70. The van der Waals surface area contributed by atoms with Crippen molar-refractivity contribution < 1.29 is 8.42 Å². The first kappa shape index (κ1) is 25.3. The van der Waals surface area contributed by atoms with Crippen LogP contribution < -0.4 is 4.90 Å². The number of hydrogen-bond acceptors (Lipinski definition) is 7. The molecule has 0 bridgehead atoms. The van der Waals surface area contributed by atoms with Crippen molar-refractivity contribution in [3.63, 3.8) is 0 Å². The van der Waals surface area contributed by atoms with E-state index in [9.17, 15) is 8.42 Å². The van der Waals surface area contributed by atoms with Crippen molar-refractivity contribution in [3.05, 3.63) is 65.9 Å². The first-order chi connectivity index (χ1) is 18.4. The van der Waals surface area contributed by atoms with Gasteiger partial charge in [0, 0.05) is 81.6 Å². The Morgan fingerprint density at radius 2 is 1.55 bits per heavy atom. The predicted molar refractivity (Wildman–Crippen MR) is 153 cm³/mol. The summed E-state index contributed by atoms with van der Waals surface area (Å²) >= 11 is 0. The number of anilines is 1. The van der Waals surface area contributed by atoms with Gasteiger partial charge in [-0.15, -0.1) is 0 Å². The Balaban J connectivity index is 1.43. The Bertz CT molecular complexity index is 1540. The molecule has 0 aliphatic carbocycles. The van der Waals surface area contributed by atoms with Crippen LogP contribution in [0.3, 0.4) is 0 Å². The first-order valence-electron chi connectivity index (χ1n) is 13.4. The standard InChI is InChI=1S/C29H36N6O2S/c1-32-10-14-34(15-11-32)20-23-19-30-29-27(28(23)35-16-12-33(2)13-17-35)25-18-22(8-9-26(25)31-29)21-38(36,37)24-6-4-3-5-7-24/h3-9,18-19H,10-17,20-21H2,1-2H3,(H,30,31). The summed E-state index contributed by atoms with van der Waals surface area (Å²) in [6.07, 6.45) is 2.05. The van der Waals surface area contributed by atoms with Gasteiger partial charge in [-0.1, -0.05) is 24.3 Å². The lowest BCUT2D eigenvalue weighted by Gasteiger charge is -2.37. The zero-order valence-electron chi connectivity index (χ0n) is 22.2. The molecular weight excluding hydrogens is 496 g/mol. The molecule has 0 atom stereocenters. The lowest BCUT2D eigenvalue weighted by Crippen LogP contribution is -2.46. The summed E-state index contributed by atoms with van der Waals surface area (Å²) in [7, 11) is 0.920. The van der Waals surface area contributed by atoms with E-state index in [0.29, 0.717) is 4.90 Å². The van der Waals surface area contributed by atoms with Crippen LogP contribution in [0.15, 0.2) is 59.6 Å². The monoisotopic (exact) mass is 532 g/mol. The van der Waals surface area contributed by atoms with E-state index in [-0.39, 0.29) is 5.75 Å². The van der Waals surface area contributed by atoms with Gasteiger partial charge < -0.3 is 19.7 Å². The summed E-state index contributed by atoms with van der Waals surface area (Å²) in [6, 6.07) is 14.7. The number of rotatable bonds is 6. The number of piperazine rings is 2. The predicted octanol–water partition coefficient (Wildman–Crippen LogP) is 3.19. The van der Waals surface area contributed by atoms with Gasteiger partial charge >= 0.3 is 0 Å². The van der Waals surface area contributed by atoms with Crippen LogP contribution >= 0.6 is 0 Å². The van der Waals surface area contributed by atoms with E-state index in [1.165, 1.54) is 11.3 Å². The molecule has 2 aliphatic heterocycles. The molecule has 1 N–H and O–H groups in total. The molecule has 9 heteroatoms. The van der Waals surface area contributed by atoms with Crippen molar-refractivity contribution in [1.82, 2.24) is 24.7 Å². The maximum atomic E-state index is 13.1. The maximum absolute atomic E-state index is 13.1. The van der Waals surface area contributed by atoms with E-state index in [2.05, 4.69) is 44.7 Å². The van der Waals surface area contributed by atoms with Crippen molar-refractivity contribution in [2.75, 3.05) is 71.4 Å². The van der Waals surface area contributed by atoms with Gasteiger partial charge in [-0.25, -0.2) is 13.4 Å². The van der Waals surface area contributed by atoms with Gasteiger partial charge in [-0.2, -0.15) is 0 Å². The second-order valence-electron chi connectivity index (χ2n) is 10.8. The van der Waals surface area contributed by atoms with Crippen molar-refractivity contribution in [1.29, 1.82) is 0 Å². The molecule has 200 valence electrons. The molecule has 2 aromatic heterocycles. The number of aromatic amines is 1. The Morgan fingerprint density at radius 1 is 0.868 bits per heavy atom. The summed E-state index contributed by atoms with van der Waals surface area (Å²) < 4.78 is 26.3. The lowest BCUT2D eigenvalue weighted by molar-refractivity contribution is 0.148. The summed E-state index contributed by atoms with van der Waals surface area (Å²) in [5.41, 5.74) is 5.13. The molecule has 8 nitrogen and oxygen atoms in total. The van der Waals surface area contributed by atoms with E-state index in [0.717, 1.165) is 86.4 Å². The minimum absolute atomic E-state index is 0.0299. The van der Waals surface area contributed by atoms with Gasteiger partial charge in [0.2, 0.25) is 0 Å². The highest BCUT2D eigenvalue weighted by Gasteiger charge is 2.25. The molecule has 0 radical (unpaired) electrons. The number of nitrogens with zero attached hydrogens (tertiary/aromatic N) is 5. The minimum atomic E-state index is -3.44. The molecule has 4 heterocycles. The third-order valence-corrected chi connectivity index (χ3v) is 9.71. The third-order valence-electron chi connectivity index (χ3n) is 8.00. The van der Waals surface area contributed by atoms with Crippen LogP contribution in [0, 0.1) is 0 Å². The van der Waals surface area contributed by atoms with Crippen molar-refractivity contribution in [2.45, 2.75) is 17.2 Å². The quantitative estimate of drug-likeness (QED) is 0.409. The normalized spacial score (nSPS) is 18.5. The van der Waals surface area contributed by atoms with Gasteiger partial charge in [-0.05, 0) is 43.9 Å². The summed E-state index contributed by atoms with van der Waals surface area (Å²) in [4.78, 5) is 18.5. The molecule has 2 fully saturated rings. The van der Waals surface area contributed by atoms with Crippen LogP contribution in [-0.4, -0.2) is 99.5 Å². The SMILES string of the molecule is CN1CCN(Cc2cnc3[nH]c4ccc(CS(=O)(=O)c5ccccc5)cc4c3c2N2CCN(C)CC2)CC1. The zero-order valence-corrected chi connectivity index (χ0v) is 23.0. The van der Waals surface area contributed by atoms with Crippen LogP contribution in [0.25, 0.3) is 21.9 Å².